The summed E-state index contributed by atoms with van der Waals surface area (Å²) in [5.74, 6) is 0.877. The van der Waals surface area contributed by atoms with Crippen LogP contribution in [0.25, 0.3) is 11.1 Å². The molecule has 0 unspecified atom stereocenters. The largest absolute Gasteiger partial charge is 0.487 e. The summed E-state index contributed by atoms with van der Waals surface area (Å²) >= 11 is 0. The number of amides is 1. The van der Waals surface area contributed by atoms with Gasteiger partial charge in [0.1, 0.15) is 11.9 Å². The minimum Gasteiger partial charge on any atom is -0.487 e. The normalized spacial score (nSPS) is 20.0. The van der Waals surface area contributed by atoms with Crippen LogP contribution in [0.3, 0.4) is 0 Å². The van der Waals surface area contributed by atoms with E-state index in [2.05, 4.69) is 11.1 Å². The van der Waals surface area contributed by atoms with Gasteiger partial charge >= 0.3 is 0 Å². The number of hydrogen-bond donors (Lipinski definition) is 0. The number of aryl methyl sites for hydroxylation is 1. The van der Waals surface area contributed by atoms with Gasteiger partial charge in [-0.25, -0.2) is 8.42 Å². The highest BCUT2D eigenvalue weighted by atomic mass is 32.2. The zero-order chi connectivity index (χ0) is 20.6. The van der Waals surface area contributed by atoms with Gasteiger partial charge in [-0.1, -0.05) is 6.07 Å². The van der Waals surface area contributed by atoms with Crippen molar-refractivity contribution in [2.75, 3.05) is 30.8 Å². The topological polar surface area (TPSA) is 79.8 Å². The van der Waals surface area contributed by atoms with Gasteiger partial charge in [0.05, 0.1) is 18.5 Å². The third kappa shape index (κ3) is 4.00. The first-order chi connectivity index (χ1) is 13.9. The van der Waals surface area contributed by atoms with Crippen molar-refractivity contribution in [1.82, 2.24) is 9.29 Å². The van der Waals surface area contributed by atoms with E-state index in [1.165, 1.54) is 4.31 Å². The molecule has 3 heterocycles. The van der Waals surface area contributed by atoms with Crippen LogP contribution in [-0.4, -0.2) is 55.6 Å². The number of pyridine rings is 1. The summed E-state index contributed by atoms with van der Waals surface area (Å²) in [7, 11) is -1.38. The van der Waals surface area contributed by atoms with Gasteiger partial charge in [0.15, 0.2) is 0 Å². The molecule has 2 aliphatic heterocycles. The first-order valence-electron chi connectivity index (χ1n) is 9.87. The Morgan fingerprint density at radius 2 is 2.00 bits per heavy atom. The highest BCUT2D eigenvalue weighted by Crippen LogP contribution is 2.32. The van der Waals surface area contributed by atoms with Gasteiger partial charge < -0.3 is 9.64 Å². The van der Waals surface area contributed by atoms with Crippen molar-refractivity contribution in [3.8, 4) is 16.9 Å². The molecule has 1 atom stereocenters. The number of carbonyl (C=O) groups is 1. The van der Waals surface area contributed by atoms with E-state index < -0.39 is 10.0 Å². The second-order valence-corrected chi connectivity index (χ2v) is 9.75. The van der Waals surface area contributed by atoms with Crippen LogP contribution in [0.4, 0.5) is 5.69 Å². The van der Waals surface area contributed by atoms with E-state index in [0.29, 0.717) is 31.7 Å². The van der Waals surface area contributed by atoms with E-state index in [-0.39, 0.29) is 17.8 Å². The number of rotatable bonds is 5. The highest BCUT2D eigenvalue weighted by Gasteiger charge is 2.31. The SMILES string of the molecule is CCS(=O)(=O)N1CC[C@H](Oc2cncc(-c3ccc4c(c3)CCC(=O)N4C)c2)C1. The van der Waals surface area contributed by atoms with Crippen LogP contribution in [-0.2, 0) is 21.2 Å². The lowest BCUT2D eigenvalue weighted by Crippen LogP contribution is -2.32. The monoisotopic (exact) mass is 415 g/mol. The lowest BCUT2D eigenvalue weighted by atomic mass is 9.97. The number of benzene rings is 1. The number of fused-ring (bicyclic) bond motifs is 1. The number of ether oxygens (including phenoxy) is 1. The number of anilines is 1. The predicted molar refractivity (Wildman–Crippen MR) is 111 cm³/mol. The van der Waals surface area contributed by atoms with Crippen molar-refractivity contribution < 1.29 is 17.9 Å². The van der Waals surface area contributed by atoms with E-state index >= 15 is 0 Å². The summed E-state index contributed by atoms with van der Waals surface area (Å²) in [5, 5.41) is 0. The molecule has 0 spiro atoms. The van der Waals surface area contributed by atoms with E-state index in [1.54, 1.807) is 31.3 Å². The fraction of sp³-hybridized carbons (Fsp3) is 0.429. The van der Waals surface area contributed by atoms with Gasteiger partial charge in [-0.2, -0.15) is 4.31 Å². The zero-order valence-corrected chi connectivity index (χ0v) is 17.5. The second kappa shape index (κ2) is 7.76. The standard InChI is InChI=1S/C21H25N3O4S/c1-3-29(26,27)24-9-8-18(14-24)28-19-11-17(12-22-13-19)15-4-6-20-16(10-15)5-7-21(25)23(20)2/h4,6,10-13,18H,3,5,7-9,14H2,1-2H3/t18-/m0/s1. The maximum Gasteiger partial charge on any atom is 0.227 e. The van der Waals surface area contributed by atoms with Gasteiger partial charge in [-0.05, 0) is 49.1 Å². The zero-order valence-electron chi connectivity index (χ0n) is 16.7. The Hall–Kier alpha value is -2.45. The molecule has 2 aromatic rings. The van der Waals surface area contributed by atoms with Crippen LogP contribution in [0, 0.1) is 0 Å². The first-order valence-corrected chi connectivity index (χ1v) is 11.5. The number of sulfonamides is 1. The molecule has 0 saturated carbocycles. The molecule has 29 heavy (non-hydrogen) atoms. The van der Waals surface area contributed by atoms with Gasteiger partial charge in [0, 0.05) is 37.5 Å². The van der Waals surface area contributed by atoms with Crippen molar-refractivity contribution in [1.29, 1.82) is 0 Å². The second-order valence-electron chi connectivity index (χ2n) is 7.49. The number of carbonyl (C=O) groups excluding carboxylic acids is 1. The molecule has 1 fully saturated rings. The highest BCUT2D eigenvalue weighted by molar-refractivity contribution is 7.89. The van der Waals surface area contributed by atoms with Crippen molar-refractivity contribution in [3.05, 3.63) is 42.2 Å². The van der Waals surface area contributed by atoms with Gasteiger partial charge in [-0.3, -0.25) is 9.78 Å². The van der Waals surface area contributed by atoms with E-state index in [1.807, 2.05) is 18.2 Å². The Labute approximate surface area is 171 Å². The molecule has 0 radical (unpaired) electrons. The number of aromatic nitrogens is 1. The molecule has 0 aliphatic carbocycles. The van der Waals surface area contributed by atoms with Gasteiger partial charge in [0.25, 0.3) is 0 Å². The minimum absolute atomic E-state index is 0.107. The van der Waals surface area contributed by atoms with Crippen LogP contribution in [0.2, 0.25) is 0 Å². The van der Waals surface area contributed by atoms with Crippen molar-refractivity contribution in [2.45, 2.75) is 32.3 Å². The van der Waals surface area contributed by atoms with E-state index in [4.69, 9.17) is 4.74 Å². The Balaban J connectivity index is 1.51. The summed E-state index contributed by atoms with van der Waals surface area (Å²) in [4.78, 5) is 17.9. The predicted octanol–water partition coefficient (Wildman–Crippen LogP) is 2.46. The molecule has 4 rings (SSSR count). The molecule has 0 N–H and O–H groups in total. The molecule has 1 aromatic carbocycles. The van der Waals surface area contributed by atoms with Crippen molar-refractivity contribution in [3.63, 3.8) is 0 Å². The fourth-order valence-electron chi connectivity index (χ4n) is 3.90. The lowest BCUT2D eigenvalue weighted by Gasteiger charge is -2.26. The third-order valence-electron chi connectivity index (χ3n) is 5.64. The smallest absolute Gasteiger partial charge is 0.227 e. The van der Waals surface area contributed by atoms with Crippen LogP contribution in [0.1, 0.15) is 25.3 Å². The van der Waals surface area contributed by atoms with Gasteiger partial charge in [0.2, 0.25) is 15.9 Å². The van der Waals surface area contributed by atoms with E-state index in [9.17, 15) is 13.2 Å². The minimum atomic E-state index is -3.18. The Bertz CT molecular complexity index is 1040. The average molecular weight is 416 g/mol. The van der Waals surface area contributed by atoms with E-state index in [0.717, 1.165) is 28.8 Å². The summed E-state index contributed by atoms with van der Waals surface area (Å²) in [5.41, 5.74) is 4.05. The molecular formula is C21H25N3O4S. The molecule has 1 aromatic heterocycles. The van der Waals surface area contributed by atoms with Crippen LogP contribution >= 0.6 is 0 Å². The molecule has 0 bridgehead atoms. The van der Waals surface area contributed by atoms with Crippen LogP contribution < -0.4 is 9.64 Å². The number of hydrogen-bond acceptors (Lipinski definition) is 5. The van der Waals surface area contributed by atoms with Gasteiger partial charge in [-0.15, -0.1) is 0 Å². The summed E-state index contributed by atoms with van der Waals surface area (Å²) in [6.07, 6.45) is 5.20. The molecule has 7 nitrogen and oxygen atoms in total. The van der Waals surface area contributed by atoms with Crippen molar-refractivity contribution >= 4 is 21.6 Å². The molecule has 154 valence electrons. The number of nitrogens with zero attached hydrogens (tertiary/aromatic N) is 3. The maximum absolute atomic E-state index is 12.0. The van der Waals surface area contributed by atoms with Crippen LogP contribution in [0.5, 0.6) is 5.75 Å². The molecule has 1 saturated heterocycles. The maximum atomic E-state index is 12.0. The quantitative estimate of drug-likeness (QED) is 0.750. The van der Waals surface area contributed by atoms with Crippen LogP contribution in [0.15, 0.2) is 36.7 Å². The average Bonchev–Trinajstić information content (AvgIpc) is 3.20. The summed E-state index contributed by atoms with van der Waals surface area (Å²) in [6, 6.07) is 7.99. The molecular weight excluding hydrogens is 390 g/mol. The Morgan fingerprint density at radius 1 is 1.17 bits per heavy atom. The summed E-state index contributed by atoms with van der Waals surface area (Å²) in [6.45, 7) is 2.52. The fourth-order valence-corrected chi connectivity index (χ4v) is 5.04. The Kier molecular flexibility index (Phi) is 5.31. The van der Waals surface area contributed by atoms with Crippen molar-refractivity contribution in [2.24, 2.45) is 0 Å². The third-order valence-corrected chi connectivity index (χ3v) is 7.49. The summed E-state index contributed by atoms with van der Waals surface area (Å²) < 4.78 is 31.6. The molecule has 2 aliphatic rings. The lowest BCUT2D eigenvalue weighted by molar-refractivity contribution is -0.118. The Morgan fingerprint density at radius 3 is 2.79 bits per heavy atom. The molecule has 8 heteroatoms. The first kappa shape index (κ1) is 19.8. The molecule has 1 amide bonds.